The van der Waals surface area contributed by atoms with E-state index in [1.165, 1.54) is 0 Å². The van der Waals surface area contributed by atoms with Crippen LogP contribution in [-0.2, 0) is 15.1 Å². The van der Waals surface area contributed by atoms with Gasteiger partial charge in [-0.05, 0) is 49.2 Å². The molecule has 2 aromatic rings. The van der Waals surface area contributed by atoms with Crippen molar-refractivity contribution < 1.29 is 9.53 Å². The molecule has 0 aromatic heterocycles. The fourth-order valence-electron chi connectivity index (χ4n) is 2.62. The third-order valence-electron chi connectivity index (χ3n) is 3.69. The van der Waals surface area contributed by atoms with Crippen molar-refractivity contribution in [2.24, 2.45) is 0 Å². The Morgan fingerprint density at radius 2 is 1.81 bits per heavy atom. The van der Waals surface area contributed by atoms with E-state index >= 15 is 0 Å². The molecule has 3 nitrogen and oxygen atoms in total. The monoisotopic (exact) mass is 301 g/mol. The zero-order valence-corrected chi connectivity index (χ0v) is 12.6. The minimum atomic E-state index is -0.603. The highest BCUT2D eigenvalue weighted by Gasteiger charge is 2.33. The number of hydrogen-bond donors (Lipinski definition) is 1. The maximum atomic E-state index is 11.0. The zero-order chi connectivity index (χ0) is 15.0. The summed E-state index contributed by atoms with van der Waals surface area (Å²) >= 11 is 5.93. The van der Waals surface area contributed by atoms with Crippen LogP contribution in [0.4, 0.5) is 5.69 Å². The van der Waals surface area contributed by atoms with Crippen molar-refractivity contribution in [1.29, 1.82) is 0 Å². The smallest absolute Gasteiger partial charge is 0.185 e. The number of anilines is 1. The second-order valence-corrected chi connectivity index (χ2v) is 6.03. The molecule has 108 valence electrons. The van der Waals surface area contributed by atoms with Crippen LogP contribution in [0.3, 0.4) is 0 Å². The van der Waals surface area contributed by atoms with Crippen molar-refractivity contribution in [2.75, 3.05) is 5.32 Å². The summed E-state index contributed by atoms with van der Waals surface area (Å²) in [4.78, 5) is 11.0. The van der Waals surface area contributed by atoms with Crippen molar-refractivity contribution in [3.8, 4) is 11.1 Å². The van der Waals surface area contributed by atoms with Gasteiger partial charge < -0.3 is 10.1 Å². The Kier molecular flexibility index (Phi) is 3.47. The number of carbonyl (C=O) groups is 1. The number of nitrogens with one attached hydrogen (secondary N) is 1. The van der Waals surface area contributed by atoms with Gasteiger partial charge in [-0.25, -0.2) is 0 Å². The molecule has 0 fully saturated rings. The van der Waals surface area contributed by atoms with E-state index in [1.54, 1.807) is 0 Å². The first-order valence-electron chi connectivity index (χ1n) is 6.80. The highest BCUT2D eigenvalue weighted by Crippen LogP contribution is 2.39. The van der Waals surface area contributed by atoms with Crippen molar-refractivity contribution in [3.05, 3.63) is 53.1 Å². The van der Waals surface area contributed by atoms with E-state index in [-0.39, 0.29) is 0 Å². The van der Waals surface area contributed by atoms with Gasteiger partial charge in [0, 0.05) is 16.3 Å². The summed E-state index contributed by atoms with van der Waals surface area (Å²) in [5.74, 6) is 0. The highest BCUT2D eigenvalue weighted by atomic mass is 35.5. The number of fused-ring (bicyclic) bond motifs is 1. The first-order valence-corrected chi connectivity index (χ1v) is 7.17. The second kappa shape index (κ2) is 5.17. The third-order valence-corrected chi connectivity index (χ3v) is 3.94. The molecular formula is C17H16ClNO2. The van der Waals surface area contributed by atoms with Crippen LogP contribution in [0.25, 0.3) is 11.1 Å². The van der Waals surface area contributed by atoms with Gasteiger partial charge in [-0.15, -0.1) is 0 Å². The number of hydrogen-bond acceptors (Lipinski definition) is 3. The number of aldehydes is 1. The lowest BCUT2D eigenvalue weighted by molar-refractivity contribution is -0.128. The first-order chi connectivity index (χ1) is 9.99. The Bertz CT molecular complexity index is 680. The Hall–Kier alpha value is -1.84. The average Bonchev–Trinajstić information content (AvgIpc) is 2.47. The standard InChI is InChI=1S/C17H16ClNO2/c1-17(2)14-9-12(11-3-6-13(18)7-4-11)5-8-15(14)19-16(10-20)21-17/h3-10,16,19H,1-2H3. The van der Waals surface area contributed by atoms with E-state index in [0.29, 0.717) is 0 Å². The van der Waals surface area contributed by atoms with E-state index in [0.717, 1.165) is 33.7 Å². The molecule has 21 heavy (non-hydrogen) atoms. The van der Waals surface area contributed by atoms with Crippen molar-refractivity contribution in [1.82, 2.24) is 0 Å². The van der Waals surface area contributed by atoms with Gasteiger partial charge in [-0.1, -0.05) is 29.8 Å². The number of ether oxygens (including phenoxy) is 1. The van der Waals surface area contributed by atoms with Gasteiger partial charge in [-0.3, -0.25) is 4.79 Å². The molecule has 1 aliphatic rings. The molecule has 1 aliphatic heterocycles. The lowest BCUT2D eigenvalue weighted by Crippen LogP contribution is -2.39. The predicted molar refractivity (Wildman–Crippen MR) is 84.5 cm³/mol. The van der Waals surface area contributed by atoms with E-state index in [9.17, 15) is 4.79 Å². The molecule has 0 aliphatic carbocycles. The molecule has 1 unspecified atom stereocenters. The summed E-state index contributed by atoms with van der Waals surface area (Å²) in [5, 5.41) is 3.80. The molecule has 0 spiro atoms. The van der Waals surface area contributed by atoms with E-state index in [1.807, 2.05) is 50.2 Å². The van der Waals surface area contributed by atoms with Crippen LogP contribution in [0.5, 0.6) is 0 Å². The van der Waals surface area contributed by atoms with Crippen molar-refractivity contribution in [3.63, 3.8) is 0 Å². The zero-order valence-electron chi connectivity index (χ0n) is 11.9. The third kappa shape index (κ3) is 2.67. The maximum Gasteiger partial charge on any atom is 0.185 e. The molecule has 1 atom stereocenters. The van der Waals surface area contributed by atoms with Gasteiger partial charge in [0.2, 0.25) is 0 Å². The molecule has 2 aromatic carbocycles. The molecule has 3 rings (SSSR count). The van der Waals surface area contributed by atoms with Crippen LogP contribution in [0, 0.1) is 0 Å². The number of benzene rings is 2. The molecular weight excluding hydrogens is 286 g/mol. The minimum Gasteiger partial charge on any atom is -0.354 e. The molecule has 0 radical (unpaired) electrons. The fraction of sp³-hybridized carbons (Fsp3) is 0.235. The lowest BCUT2D eigenvalue weighted by Gasteiger charge is -2.37. The number of halogens is 1. The molecule has 4 heteroatoms. The SMILES string of the molecule is CC1(C)OC(C=O)Nc2ccc(-c3ccc(Cl)cc3)cc21. The summed E-state index contributed by atoms with van der Waals surface area (Å²) in [6.07, 6.45) is 0.173. The van der Waals surface area contributed by atoms with Crippen LogP contribution in [0.1, 0.15) is 19.4 Å². The van der Waals surface area contributed by atoms with Crippen LogP contribution < -0.4 is 5.32 Å². The minimum absolute atomic E-state index is 0.519. The molecule has 0 saturated heterocycles. The summed E-state index contributed by atoms with van der Waals surface area (Å²) in [7, 11) is 0. The predicted octanol–water partition coefficient (Wildman–Crippen LogP) is 4.21. The Labute approximate surface area is 128 Å². The largest absolute Gasteiger partial charge is 0.354 e. The van der Waals surface area contributed by atoms with Gasteiger partial charge >= 0.3 is 0 Å². The molecule has 0 amide bonds. The average molecular weight is 302 g/mol. The lowest BCUT2D eigenvalue weighted by atomic mass is 9.91. The number of rotatable bonds is 2. The van der Waals surface area contributed by atoms with Gasteiger partial charge in [0.1, 0.15) is 0 Å². The molecule has 0 saturated carbocycles. The quantitative estimate of drug-likeness (QED) is 0.845. The van der Waals surface area contributed by atoms with Gasteiger partial charge in [0.25, 0.3) is 0 Å². The van der Waals surface area contributed by atoms with Gasteiger partial charge in [0.15, 0.2) is 12.5 Å². The molecule has 1 heterocycles. The van der Waals surface area contributed by atoms with Gasteiger partial charge in [0.05, 0.1) is 5.60 Å². The molecule has 0 bridgehead atoms. The van der Waals surface area contributed by atoms with E-state index in [4.69, 9.17) is 16.3 Å². The van der Waals surface area contributed by atoms with Crippen LogP contribution in [0.2, 0.25) is 5.02 Å². The Morgan fingerprint density at radius 1 is 1.14 bits per heavy atom. The summed E-state index contributed by atoms with van der Waals surface area (Å²) in [6, 6.07) is 13.8. The first kappa shape index (κ1) is 14.1. The topological polar surface area (TPSA) is 38.3 Å². The molecule has 1 N–H and O–H groups in total. The van der Waals surface area contributed by atoms with Crippen molar-refractivity contribution >= 4 is 23.6 Å². The van der Waals surface area contributed by atoms with E-state index < -0.39 is 11.8 Å². The summed E-state index contributed by atoms with van der Waals surface area (Å²) < 4.78 is 5.76. The van der Waals surface area contributed by atoms with Gasteiger partial charge in [-0.2, -0.15) is 0 Å². The summed E-state index contributed by atoms with van der Waals surface area (Å²) in [5.41, 5.74) is 3.63. The Balaban J connectivity index is 2.05. The summed E-state index contributed by atoms with van der Waals surface area (Å²) in [6.45, 7) is 3.93. The van der Waals surface area contributed by atoms with Crippen molar-refractivity contribution in [2.45, 2.75) is 25.7 Å². The van der Waals surface area contributed by atoms with Crippen LogP contribution in [0.15, 0.2) is 42.5 Å². The van der Waals surface area contributed by atoms with Crippen LogP contribution >= 0.6 is 11.6 Å². The fourth-order valence-corrected chi connectivity index (χ4v) is 2.74. The normalized spacial score (nSPS) is 19.5. The highest BCUT2D eigenvalue weighted by molar-refractivity contribution is 6.30. The van der Waals surface area contributed by atoms with Crippen LogP contribution in [-0.4, -0.2) is 12.5 Å². The second-order valence-electron chi connectivity index (χ2n) is 5.60. The number of carbonyl (C=O) groups excluding carboxylic acids is 1. The maximum absolute atomic E-state index is 11.0. The Morgan fingerprint density at radius 3 is 2.48 bits per heavy atom. The van der Waals surface area contributed by atoms with E-state index in [2.05, 4.69) is 11.4 Å².